The molecule has 0 heterocycles. The lowest BCUT2D eigenvalue weighted by Gasteiger charge is -2.12. The number of thioether (sulfide) groups is 1. The molecule has 2 amide bonds. The van der Waals surface area contributed by atoms with Crippen molar-refractivity contribution < 1.29 is 19.1 Å². The minimum Gasteiger partial charge on any atom is -0.493 e. The number of aryl methyl sites for hydroxylation is 1. The highest BCUT2D eigenvalue weighted by molar-refractivity contribution is 8.00. The van der Waals surface area contributed by atoms with Gasteiger partial charge in [-0.05, 0) is 54.8 Å². The summed E-state index contributed by atoms with van der Waals surface area (Å²) in [6.45, 7) is 2.17. The Hall–Kier alpha value is -3.45. The summed E-state index contributed by atoms with van der Waals surface area (Å²) in [5.74, 6) is 0.892. The first-order valence-electron chi connectivity index (χ1n) is 11.2. The zero-order valence-corrected chi connectivity index (χ0v) is 20.5. The van der Waals surface area contributed by atoms with Gasteiger partial charge >= 0.3 is 0 Å². The molecule has 0 aliphatic rings. The standard InChI is InChI=1S/C27H30N2O4S/c1-4-5-8-19-11-13-20(14-12-19)29-27(31)22-9-6-7-10-25(22)34-18-26(30)28-21-15-16-23(32-2)24(17-21)33-3/h6-7,9-17H,4-5,8,18H2,1-3H3,(H,28,30)(H,29,31). The molecule has 2 N–H and O–H groups in total. The van der Waals surface area contributed by atoms with E-state index >= 15 is 0 Å². The normalized spacial score (nSPS) is 10.4. The molecule has 6 nitrogen and oxygen atoms in total. The van der Waals surface area contributed by atoms with Crippen molar-refractivity contribution in [2.24, 2.45) is 0 Å². The first kappa shape index (κ1) is 25.2. The van der Waals surface area contributed by atoms with Gasteiger partial charge in [0.2, 0.25) is 5.91 Å². The summed E-state index contributed by atoms with van der Waals surface area (Å²) < 4.78 is 10.5. The van der Waals surface area contributed by atoms with Gasteiger partial charge in [0.25, 0.3) is 5.91 Å². The lowest BCUT2D eigenvalue weighted by Crippen LogP contribution is -2.16. The fourth-order valence-corrected chi connectivity index (χ4v) is 4.22. The first-order valence-corrected chi connectivity index (χ1v) is 12.2. The molecule has 7 heteroatoms. The fraction of sp³-hybridized carbons (Fsp3) is 0.259. The maximum absolute atomic E-state index is 12.9. The van der Waals surface area contributed by atoms with Crippen LogP contribution in [0.4, 0.5) is 11.4 Å². The van der Waals surface area contributed by atoms with E-state index in [0.29, 0.717) is 22.7 Å². The van der Waals surface area contributed by atoms with Crippen molar-refractivity contribution in [3.8, 4) is 11.5 Å². The van der Waals surface area contributed by atoms with E-state index in [9.17, 15) is 9.59 Å². The van der Waals surface area contributed by atoms with Crippen LogP contribution < -0.4 is 20.1 Å². The lowest BCUT2D eigenvalue weighted by molar-refractivity contribution is -0.113. The smallest absolute Gasteiger partial charge is 0.256 e. The molecule has 0 spiro atoms. The van der Waals surface area contributed by atoms with Crippen molar-refractivity contribution in [1.82, 2.24) is 0 Å². The molecular formula is C27H30N2O4S. The quantitative estimate of drug-likeness (QED) is 0.329. The third-order valence-electron chi connectivity index (χ3n) is 5.19. The van der Waals surface area contributed by atoms with Gasteiger partial charge in [-0.1, -0.05) is 37.6 Å². The SMILES string of the molecule is CCCCc1ccc(NC(=O)c2ccccc2SCC(=O)Nc2ccc(OC)c(OC)c2)cc1. The van der Waals surface area contributed by atoms with Crippen molar-refractivity contribution in [3.05, 3.63) is 77.9 Å². The monoisotopic (exact) mass is 478 g/mol. The minimum absolute atomic E-state index is 0.158. The van der Waals surface area contributed by atoms with Crippen molar-refractivity contribution >= 4 is 35.0 Å². The average Bonchev–Trinajstić information content (AvgIpc) is 2.87. The molecule has 178 valence electrons. The number of carbonyl (C=O) groups is 2. The molecule has 0 aromatic heterocycles. The van der Waals surface area contributed by atoms with Crippen LogP contribution in [-0.4, -0.2) is 31.8 Å². The number of rotatable bonds is 11. The van der Waals surface area contributed by atoms with Crippen molar-refractivity contribution in [2.75, 3.05) is 30.6 Å². The Kier molecular flexibility index (Phi) is 9.40. The Morgan fingerprint density at radius 1 is 0.853 bits per heavy atom. The number of amides is 2. The van der Waals surface area contributed by atoms with E-state index in [0.717, 1.165) is 29.8 Å². The number of methoxy groups -OCH3 is 2. The summed E-state index contributed by atoms with van der Waals surface area (Å²) >= 11 is 1.31. The van der Waals surface area contributed by atoms with Gasteiger partial charge in [0.1, 0.15) is 0 Å². The first-order chi connectivity index (χ1) is 16.5. The molecule has 0 saturated carbocycles. The van der Waals surface area contributed by atoms with E-state index in [1.807, 2.05) is 42.5 Å². The van der Waals surface area contributed by atoms with Gasteiger partial charge in [0, 0.05) is 22.3 Å². The molecule has 0 aliphatic heterocycles. The molecule has 0 atom stereocenters. The van der Waals surface area contributed by atoms with Gasteiger partial charge < -0.3 is 20.1 Å². The molecule has 0 unspecified atom stereocenters. The zero-order chi connectivity index (χ0) is 24.3. The fourth-order valence-electron chi connectivity index (χ4n) is 3.37. The van der Waals surface area contributed by atoms with Crippen molar-refractivity contribution in [2.45, 2.75) is 31.1 Å². The predicted octanol–water partition coefficient (Wildman–Crippen LogP) is 6.03. The van der Waals surface area contributed by atoms with Gasteiger partial charge in [-0.3, -0.25) is 9.59 Å². The van der Waals surface area contributed by atoms with E-state index in [1.165, 1.54) is 17.3 Å². The van der Waals surface area contributed by atoms with Crippen LogP contribution in [-0.2, 0) is 11.2 Å². The second-order valence-electron chi connectivity index (χ2n) is 7.66. The van der Waals surface area contributed by atoms with Crippen molar-refractivity contribution in [3.63, 3.8) is 0 Å². The second kappa shape index (κ2) is 12.7. The molecule has 0 bridgehead atoms. The number of hydrogen-bond acceptors (Lipinski definition) is 5. The molecule has 0 fully saturated rings. The van der Waals surface area contributed by atoms with E-state index in [-0.39, 0.29) is 17.6 Å². The molecule has 0 aliphatic carbocycles. The van der Waals surface area contributed by atoms with Gasteiger partial charge in [0.15, 0.2) is 11.5 Å². The Labute approximate surface area is 205 Å². The largest absolute Gasteiger partial charge is 0.493 e. The highest BCUT2D eigenvalue weighted by Crippen LogP contribution is 2.30. The predicted molar refractivity (Wildman–Crippen MR) is 138 cm³/mol. The lowest BCUT2D eigenvalue weighted by atomic mass is 10.1. The van der Waals surface area contributed by atoms with Crippen LogP contribution in [0.25, 0.3) is 0 Å². The van der Waals surface area contributed by atoms with Gasteiger partial charge in [-0.15, -0.1) is 11.8 Å². The Morgan fingerprint density at radius 3 is 2.26 bits per heavy atom. The van der Waals surface area contributed by atoms with Crippen molar-refractivity contribution in [1.29, 1.82) is 0 Å². The Bertz CT molecular complexity index is 1120. The number of nitrogens with one attached hydrogen (secondary N) is 2. The summed E-state index contributed by atoms with van der Waals surface area (Å²) in [7, 11) is 3.10. The van der Waals surface area contributed by atoms with Crippen LogP contribution in [0.15, 0.2) is 71.6 Å². The number of benzene rings is 3. The summed E-state index contributed by atoms with van der Waals surface area (Å²) in [5.41, 5.74) is 3.14. The molecule has 34 heavy (non-hydrogen) atoms. The molecule has 3 rings (SSSR count). The van der Waals surface area contributed by atoms with Crippen LogP contribution in [0.3, 0.4) is 0 Å². The zero-order valence-electron chi connectivity index (χ0n) is 19.7. The summed E-state index contributed by atoms with van der Waals surface area (Å²) in [4.78, 5) is 26.2. The Morgan fingerprint density at radius 2 is 1.56 bits per heavy atom. The van der Waals surface area contributed by atoms with Gasteiger partial charge in [0.05, 0.1) is 25.5 Å². The van der Waals surface area contributed by atoms with Crippen LogP contribution in [0.2, 0.25) is 0 Å². The topological polar surface area (TPSA) is 76.7 Å². The third kappa shape index (κ3) is 7.02. The number of ether oxygens (including phenoxy) is 2. The van der Waals surface area contributed by atoms with Crippen LogP contribution in [0, 0.1) is 0 Å². The van der Waals surface area contributed by atoms with Crippen LogP contribution in [0.1, 0.15) is 35.7 Å². The highest BCUT2D eigenvalue weighted by Gasteiger charge is 2.14. The molecule has 3 aromatic rings. The maximum atomic E-state index is 12.9. The average molecular weight is 479 g/mol. The van der Waals surface area contributed by atoms with E-state index in [4.69, 9.17) is 9.47 Å². The number of carbonyl (C=O) groups excluding carboxylic acids is 2. The van der Waals surface area contributed by atoms with Gasteiger partial charge in [-0.2, -0.15) is 0 Å². The third-order valence-corrected chi connectivity index (χ3v) is 6.26. The van der Waals surface area contributed by atoms with E-state index < -0.39 is 0 Å². The maximum Gasteiger partial charge on any atom is 0.256 e. The molecule has 0 saturated heterocycles. The molecular weight excluding hydrogens is 448 g/mol. The Balaban J connectivity index is 1.60. The number of hydrogen-bond donors (Lipinski definition) is 2. The van der Waals surface area contributed by atoms with Gasteiger partial charge in [-0.25, -0.2) is 0 Å². The second-order valence-corrected chi connectivity index (χ2v) is 8.67. The van der Waals surface area contributed by atoms with E-state index in [1.54, 1.807) is 38.5 Å². The van der Waals surface area contributed by atoms with E-state index in [2.05, 4.69) is 17.6 Å². The summed E-state index contributed by atoms with van der Waals surface area (Å²) in [6, 6.07) is 20.4. The summed E-state index contributed by atoms with van der Waals surface area (Å²) in [5, 5.41) is 5.80. The highest BCUT2D eigenvalue weighted by atomic mass is 32.2. The summed E-state index contributed by atoms with van der Waals surface area (Å²) in [6.07, 6.45) is 3.34. The van der Waals surface area contributed by atoms with Crippen LogP contribution >= 0.6 is 11.8 Å². The molecule has 3 aromatic carbocycles. The number of unbranched alkanes of at least 4 members (excludes halogenated alkanes) is 1. The minimum atomic E-state index is -0.204. The number of anilines is 2. The van der Waals surface area contributed by atoms with Crippen LogP contribution in [0.5, 0.6) is 11.5 Å². The molecule has 0 radical (unpaired) electrons.